The quantitative estimate of drug-likeness (QED) is 0.609. The fraction of sp³-hybridized carbons (Fsp3) is 0.176. The maximum Gasteiger partial charge on any atom is 0.275 e. The van der Waals surface area contributed by atoms with Crippen LogP contribution in [0.1, 0.15) is 23.6 Å². The number of nitrogens with zero attached hydrogens (tertiary/aromatic N) is 1. The van der Waals surface area contributed by atoms with Gasteiger partial charge in [0.15, 0.2) is 0 Å². The molecule has 0 radical (unpaired) electrons. The minimum atomic E-state index is -0.206. The lowest BCUT2D eigenvalue weighted by atomic mass is 10.1. The molecule has 3 nitrogen and oxygen atoms in total. The molecule has 1 N–H and O–H groups in total. The number of benzene rings is 2. The number of hydrogen-bond acceptors (Lipinski definition) is 2. The van der Waals surface area contributed by atoms with Gasteiger partial charge in [-0.25, -0.2) is 4.99 Å². The molecule has 1 heterocycles. The first-order chi connectivity index (χ1) is 10.9. The Bertz CT molecular complexity index is 862. The zero-order valence-electron chi connectivity index (χ0n) is 12.5. The first kappa shape index (κ1) is 16.7. The largest absolute Gasteiger partial charge is 0.320 e. The molecule has 6 heteroatoms. The van der Waals surface area contributed by atoms with Gasteiger partial charge in [-0.3, -0.25) is 4.79 Å². The Morgan fingerprint density at radius 3 is 2.70 bits per heavy atom. The van der Waals surface area contributed by atoms with E-state index in [0.29, 0.717) is 10.7 Å². The predicted octanol–water partition coefficient (Wildman–Crippen LogP) is 5.81. The molecule has 0 spiro atoms. The van der Waals surface area contributed by atoms with Gasteiger partial charge in [0, 0.05) is 14.5 Å². The highest BCUT2D eigenvalue weighted by atomic mass is 79.9. The summed E-state index contributed by atoms with van der Waals surface area (Å²) in [6.07, 6.45) is 0.837. The van der Waals surface area contributed by atoms with Crippen molar-refractivity contribution in [3.63, 3.8) is 0 Å². The summed E-state index contributed by atoms with van der Waals surface area (Å²) in [6.45, 7) is 3.95. The third-order valence-corrected chi connectivity index (χ3v) is 5.65. The van der Waals surface area contributed by atoms with Gasteiger partial charge < -0.3 is 5.32 Å². The lowest BCUT2D eigenvalue weighted by molar-refractivity contribution is -0.110. The van der Waals surface area contributed by atoms with E-state index in [1.807, 2.05) is 31.2 Å². The molecule has 0 bridgehead atoms. The second-order valence-electron chi connectivity index (χ2n) is 5.26. The summed E-state index contributed by atoms with van der Waals surface area (Å²) >= 11 is 13.1. The number of hydrogen-bond donors (Lipinski definition) is 1. The van der Waals surface area contributed by atoms with Crippen LogP contribution in [0, 0.1) is 6.92 Å². The molecule has 1 aliphatic heterocycles. The van der Waals surface area contributed by atoms with Gasteiger partial charge in [0.1, 0.15) is 5.71 Å². The van der Waals surface area contributed by atoms with Crippen LogP contribution < -0.4 is 5.32 Å². The van der Waals surface area contributed by atoms with E-state index >= 15 is 0 Å². The Morgan fingerprint density at radius 1 is 1.26 bits per heavy atom. The number of amides is 1. The van der Waals surface area contributed by atoms with Crippen molar-refractivity contribution in [1.82, 2.24) is 0 Å². The predicted molar refractivity (Wildman–Crippen MR) is 102 cm³/mol. The average molecular weight is 457 g/mol. The minimum Gasteiger partial charge on any atom is -0.320 e. The van der Waals surface area contributed by atoms with E-state index in [1.54, 1.807) is 0 Å². The minimum absolute atomic E-state index is 0.206. The van der Waals surface area contributed by atoms with Crippen LogP contribution in [0.25, 0.3) is 0 Å². The van der Waals surface area contributed by atoms with Crippen LogP contribution in [0.2, 0.25) is 5.02 Å². The first-order valence-corrected chi connectivity index (χ1v) is 9.06. The van der Waals surface area contributed by atoms with Crippen molar-refractivity contribution in [2.24, 2.45) is 4.99 Å². The number of nitrogens with one attached hydrogen (secondary N) is 1. The third-order valence-electron chi connectivity index (χ3n) is 3.82. The molecule has 1 aliphatic rings. The molecule has 0 aromatic heterocycles. The van der Waals surface area contributed by atoms with E-state index in [-0.39, 0.29) is 5.91 Å². The van der Waals surface area contributed by atoms with Gasteiger partial charge in [-0.05, 0) is 64.7 Å². The van der Waals surface area contributed by atoms with Crippen LogP contribution in [-0.4, -0.2) is 11.6 Å². The highest BCUT2D eigenvalue weighted by Gasteiger charge is 2.29. The van der Waals surface area contributed by atoms with Crippen LogP contribution in [0.5, 0.6) is 0 Å². The topological polar surface area (TPSA) is 41.5 Å². The molecule has 2 aromatic rings. The molecule has 3 rings (SSSR count). The maximum atomic E-state index is 12.4. The van der Waals surface area contributed by atoms with E-state index in [0.717, 1.165) is 43.4 Å². The Morgan fingerprint density at radius 2 is 2.00 bits per heavy atom. The van der Waals surface area contributed by atoms with Crippen molar-refractivity contribution in [1.29, 1.82) is 0 Å². The van der Waals surface area contributed by atoms with Gasteiger partial charge in [-0.2, -0.15) is 0 Å². The SMILES string of the molecule is CCc1cc(Br)ccc1N=C1C(=O)Nc2c1cc(Br)c(Cl)c2C. The van der Waals surface area contributed by atoms with Crippen molar-refractivity contribution in [3.05, 3.63) is 54.9 Å². The molecular formula is C17H13Br2ClN2O. The van der Waals surface area contributed by atoms with Crippen LogP contribution in [-0.2, 0) is 11.2 Å². The first-order valence-electron chi connectivity index (χ1n) is 7.09. The van der Waals surface area contributed by atoms with Gasteiger partial charge in [0.05, 0.1) is 16.4 Å². The van der Waals surface area contributed by atoms with Crippen LogP contribution in [0.15, 0.2) is 38.2 Å². The van der Waals surface area contributed by atoms with Crippen molar-refractivity contribution in [3.8, 4) is 0 Å². The molecule has 0 unspecified atom stereocenters. The average Bonchev–Trinajstić information content (AvgIpc) is 2.83. The summed E-state index contributed by atoms with van der Waals surface area (Å²) in [7, 11) is 0. The van der Waals surface area contributed by atoms with Gasteiger partial charge >= 0.3 is 0 Å². The molecule has 1 amide bonds. The number of fused-ring (bicyclic) bond motifs is 1. The molecule has 2 aromatic carbocycles. The van der Waals surface area contributed by atoms with Crippen LogP contribution >= 0.6 is 43.5 Å². The summed E-state index contributed by atoms with van der Waals surface area (Å²) in [6, 6.07) is 7.70. The Balaban J connectivity index is 2.18. The number of rotatable bonds is 2. The summed E-state index contributed by atoms with van der Waals surface area (Å²) in [4.78, 5) is 17.0. The fourth-order valence-electron chi connectivity index (χ4n) is 2.57. The number of halogens is 3. The van der Waals surface area contributed by atoms with E-state index < -0.39 is 0 Å². The molecule has 0 aliphatic carbocycles. The monoisotopic (exact) mass is 454 g/mol. The van der Waals surface area contributed by atoms with Gasteiger partial charge in [-0.1, -0.05) is 34.5 Å². The summed E-state index contributed by atoms with van der Waals surface area (Å²) in [5.74, 6) is -0.206. The molecule has 0 saturated carbocycles. The van der Waals surface area contributed by atoms with Gasteiger partial charge in [0.25, 0.3) is 5.91 Å². The Labute approximate surface area is 156 Å². The van der Waals surface area contributed by atoms with Crippen molar-refractivity contribution < 1.29 is 4.79 Å². The number of carbonyl (C=O) groups excluding carboxylic acids is 1. The second kappa shape index (κ2) is 6.38. The lowest BCUT2D eigenvalue weighted by Gasteiger charge is -2.08. The Kier molecular flexibility index (Phi) is 4.63. The Hall–Kier alpha value is -1.17. The molecule has 23 heavy (non-hydrogen) atoms. The number of carbonyl (C=O) groups is 1. The molecule has 0 fully saturated rings. The number of aliphatic imine (C=N–C) groups is 1. The highest BCUT2D eigenvalue weighted by Crippen LogP contribution is 2.38. The van der Waals surface area contributed by atoms with E-state index in [1.165, 1.54) is 0 Å². The molecule has 0 atom stereocenters. The van der Waals surface area contributed by atoms with Gasteiger partial charge in [-0.15, -0.1) is 0 Å². The summed E-state index contributed by atoms with van der Waals surface area (Å²) in [5, 5.41) is 3.47. The molecular weight excluding hydrogens is 443 g/mol. The fourth-order valence-corrected chi connectivity index (χ4v) is 3.66. The second-order valence-corrected chi connectivity index (χ2v) is 7.41. The highest BCUT2D eigenvalue weighted by molar-refractivity contribution is 9.10. The van der Waals surface area contributed by atoms with Gasteiger partial charge in [0.2, 0.25) is 0 Å². The number of aryl methyl sites for hydroxylation is 1. The van der Waals surface area contributed by atoms with Crippen molar-refractivity contribution >= 4 is 66.5 Å². The lowest BCUT2D eigenvalue weighted by Crippen LogP contribution is -2.14. The van der Waals surface area contributed by atoms with E-state index in [9.17, 15) is 4.79 Å². The van der Waals surface area contributed by atoms with Crippen molar-refractivity contribution in [2.75, 3.05) is 5.32 Å². The smallest absolute Gasteiger partial charge is 0.275 e. The van der Waals surface area contributed by atoms with E-state index in [4.69, 9.17) is 11.6 Å². The maximum absolute atomic E-state index is 12.4. The molecule has 0 saturated heterocycles. The third kappa shape index (κ3) is 2.97. The summed E-state index contributed by atoms with van der Waals surface area (Å²) in [5.41, 5.74) is 4.64. The number of anilines is 1. The van der Waals surface area contributed by atoms with E-state index in [2.05, 4.69) is 49.1 Å². The van der Waals surface area contributed by atoms with Crippen LogP contribution in [0.4, 0.5) is 11.4 Å². The summed E-state index contributed by atoms with van der Waals surface area (Å²) < 4.78 is 1.76. The normalized spacial score (nSPS) is 15.0. The zero-order chi connectivity index (χ0) is 16.7. The van der Waals surface area contributed by atoms with Crippen molar-refractivity contribution in [2.45, 2.75) is 20.3 Å². The standard InChI is InChI=1S/C17H13Br2ClN2O/c1-3-9-6-10(18)4-5-13(9)21-16-11-7-12(19)14(20)8(2)15(11)22-17(16)23/h4-7H,3H2,1-2H3,(H,21,22,23). The zero-order valence-corrected chi connectivity index (χ0v) is 16.4. The molecule has 118 valence electrons. The van der Waals surface area contributed by atoms with Crippen LogP contribution in [0.3, 0.4) is 0 Å².